The molecular weight excluding hydrogens is 180 g/mol. The van der Waals surface area contributed by atoms with Gasteiger partial charge in [0.25, 0.3) is 0 Å². The maximum atomic E-state index is 10.8. The van der Waals surface area contributed by atoms with E-state index in [9.17, 15) is 8.42 Å². The Labute approximate surface area is 71.3 Å². The summed E-state index contributed by atoms with van der Waals surface area (Å²) >= 11 is 1.67. The lowest BCUT2D eigenvalue weighted by molar-refractivity contribution is 0.604. The number of sulfone groups is 1. The highest BCUT2D eigenvalue weighted by atomic mass is 32.2. The van der Waals surface area contributed by atoms with E-state index < -0.39 is 9.84 Å². The smallest absolute Gasteiger partial charge is 0.151 e. The fourth-order valence-corrected chi connectivity index (χ4v) is 2.34. The van der Waals surface area contributed by atoms with Gasteiger partial charge >= 0.3 is 0 Å². The van der Waals surface area contributed by atoms with Crippen LogP contribution in [0.3, 0.4) is 0 Å². The van der Waals surface area contributed by atoms with Gasteiger partial charge in [-0.25, -0.2) is 8.42 Å². The summed E-state index contributed by atoms with van der Waals surface area (Å²) < 4.78 is 21.6. The molecule has 1 aliphatic heterocycles. The highest BCUT2D eigenvalue weighted by Gasteiger charge is 2.05. The topological polar surface area (TPSA) is 34.1 Å². The van der Waals surface area contributed by atoms with Crippen molar-refractivity contribution < 1.29 is 8.42 Å². The molecule has 62 valence electrons. The van der Waals surface area contributed by atoms with E-state index in [-0.39, 0.29) is 5.75 Å². The van der Waals surface area contributed by atoms with Crippen molar-refractivity contribution in [3.63, 3.8) is 0 Å². The van der Waals surface area contributed by atoms with Crippen LogP contribution in [-0.2, 0) is 9.84 Å². The van der Waals surface area contributed by atoms with Crippen LogP contribution >= 0.6 is 11.8 Å². The lowest BCUT2D eigenvalue weighted by atomic mass is 10.3. The molecule has 4 heteroatoms. The van der Waals surface area contributed by atoms with E-state index in [0.717, 1.165) is 11.3 Å². The van der Waals surface area contributed by atoms with Gasteiger partial charge < -0.3 is 0 Å². The van der Waals surface area contributed by atoms with E-state index >= 15 is 0 Å². The second-order valence-electron chi connectivity index (χ2n) is 2.49. The van der Waals surface area contributed by atoms with Crippen molar-refractivity contribution in [3.8, 4) is 0 Å². The number of allylic oxidation sites excluding steroid dienone is 1. The van der Waals surface area contributed by atoms with E-state index in [1.165, 1.54) is 6.26 Å². The van der Waals surface area contributed by atoms with Crippen LogP contribution in [-0.4, -0.2) is 26.2 Å². The van der Waals surface area contributed by atoms with Gasteiger partial charge in [0, 0.05) is 12.0 Å². The summed E-state index contributed by atoms with van der Waals surface area (Å²) in [7, 11) is -2.85. The van der Waals surface area contributed by atoms with Crippen LogP contribution in [0.2, 0.25) is 0 Å². The van der Waals surface area contributed by atoms with Gasteiger partial charge in [-0.3, -0.25) is 0 Å². The summed E-state index contributed by atoms with van der Waals surface area (Å²) in [5.41, 5.74) is 0.909. The number of thioether (sulfide) groups is 1. The fraction of sp³-hybridized carbons (Fsp3) is 0.429. The van der Waals surface area contributed by atoms with Crippen molar-refractivity contribution in [2.45, 2.75) is 0 Å². The van der Waals surface area contributed by atoms with Crippen molar-refractivity contribution >= 4 is 21.6 Å². The summed E-state index contributed by atoms with van der Waals surface area (Å²) in [6, 6.07) is 0. The monoisotopic (exact) mass is 190 g/mol. The normalized spacial score (nSPS) is 18.1. The maximum Gasteiger partial charge on any atom is 0.151 e. The summed E-state index contributed by atoms with van der Waals surface area (Å²) in [5, 5.41) is 1.93. The predicted octanol–water partition coefficient (Wildman–Crippen LogP) is 1.22. The number of hydrogen-bond acceptors (Lipinski definition) is 3. The van der Waals surface area contributed by atoms with Crippen LogP contribution in [0.1, 0.15) is 0 Å². The highest BCUT2D eigenvalue weighted by Crippen LogP contribution is 2.14. The predicted molar refractivity (Wildman–Crippen MR) is 49.4 cm³/mol. The molecule has 0 bridgehead atoms. The second-order valence-corrected chi connectivity index (χ2v) is 5.56. The molecule has 0 amide bonds. The third kappa shape index (κ3) is 3.62. The van der Waals surface area contributed by atoms with E-state index in [4.69, 9.17) is 0 Å². The Morgan fingerprint density at radius 3 is 2.82 bits per heavy atom. The minimum absolute atomic E-state index is 0.171. The Morgan fingerprint density at radius 2 is 2.36 bits per heavy atom. The lowest BCUT2D eigenvalue weighted by Gasteiger charge is -2.03. The van der Waals surface area contributed by atoms with E-state index in [2.05, 4.69) is 0 Å². The van der Waals surface area contributed by atoms with Gasteiger partial charge in [0.2, 0.25) is 0 Å². The fourth-order valence-electron chi connectivity index (χ4n) is 0.824. The standard InChI is InChI=1S/C7H10O2S2/c1-11(8,9)6-7-2-4-10-5-3-7/h2-4H,5-6H2,1H3. The molecule has 0 saturated carbocycles. The molecule has 1 heterocycles. The number of rotatable bonds is 2. The molecule has 11 heavy (non-hydrogen) atoms. The van der Waals surface area contributed by atoms with E-state index in [0.29, 0.717) is 0 Å². The van der Waals surface area contributed by atoms with Gasteiger partial charge in [0.15, 0.2) is 9.84 Å². The first-order chi connectivity index (χ1) is 5.08. The molecular formula is C7H10O2S2. The molecule has 0 N–H and O–H groups in total. The maximum absolute atomic E-state index is 10.8. The average Bonchev–Trinajstić information content (AvgIpc) is 1.85. The first-order valence-electron chi connectivity index (χ1n) is 3.23. The third-order valence-electron chi connectivity index (χ3n) is 1.25. The van der Waals surface area contributed by atoms with Crippen LogP contribution < -0.4 is 0 Å². The first-order valence-corrected chi connectivity index (χ1v) is 6.34. The Morgan fingerprint density at radius 1 is 1.64 bits per heavy atom. The van der Waals surface area contributed by atoms with Crippen molar-refractivity contribution in [1.29, 1.82) is 0 Å². The van der Waals surface area contributed by atoms with E-state index in [1.807, 2.05) is 17.6 Å². The van der Waals surface area contributed by atoms with Crippen LogP contribution in [0.25, 0.3) is 0 Å². The molecule has 0 atom stereocenters. The zero-order valence-electron chi connectivity index (χ0n) is 6.28. The molecule has 0 radical (unpaired) electrons. The van der Waals surface area contributed by atoms with Gasteiger partial charge in [0.05, 0.1) is 5.75 Å². The van der Waals surface area contributed by atoms with Gasteiger partial charge in [-0.05, 0) is 11.0 Å². The average molecular weight is 190 g/mol. The Hall–Kier alpha value is -0.220. The summed E-state index contributed by atoms with van der Waals surface area (Å²) in [4.78, 5) is 0. The van der Waals surface area contributed by atoms with Crippen LogP contribution in [0.5, 0.6) is 0 Å². The van der Waals surface area contributed by atoms with Crippen LogP contribution in [0.15, 0.2) is 23.1 Å². The lowest BCUT2D eigenvalue weighted by Crippen LogP contribution is -2.05. The largest absolute Gasteiger partial charge is 0.229 e. The summed E-state index contributed by atoms with van der Waals surface area (Å²) in [6.45, 7) is 0. The molecule has 1 aliphatic rings. The van der Waals surface area contributed by atoms with Gasteiger partial charge in [-0.2, -0.15) is 0 Å². The van der Waals surface area contributed by atoms with Crippen LogP contribution in [0, 0.1) is 0 Å². The molecule has 0 aromatic heterocycles. The first kappa shape index (κ1) is 8.87. The zero-order valence-corrected chi connectivity index (χ0v) is 7.91. The van der Waals surface area contributed by atoms with Gasteiger partial charge in [-0.1, -0.05) is 12.2 Å². The van der Waals surface area contributed by atoms with E-state index in [1.54, 1.807) is 11.8 Å². The third-order valence-corrected chi connectivity index (χ3v) is 2.79. The second kappa shape index (κ2) is 3.45. The highest BCUT2D eigenvalue weighted by molar-refractivity contribution is 8.02. The van der Waals surface area contributed by atoms with Crippen molar-refractivity contribution in [1.82, 2.24) is 0 Å². The Balaban J connectivity index is 2.64. The minimum Gasteiger partial charge on any atom is -0.229 e. The van der Waals surface area contributed by atoms with Crippen LogP contribution in [0.4, 0.5) is 0 Å². The zero-order chi connectivity index (χ0) is 8.32. The molecule has 2 nitrogen and oxygen atoms in total. The minimum atomic E-state index is -2.85. The molecule has 0 saturated heterocycles. The molecule has 0 aromatic carbocycles. The molecule has 0 fully saturated rings. The summed E-state index contributed by atoms with van der Waals surface area (Å²) in [6.07, 6.45) is 5.06. The number of hydrogen-bond donors (Lipinski definition) is 0. The van der Waals surface area contributed by atoms with Crippen molar-refractivity contribution in [2.24, 2.45) is 0 Å². The van der Waals surface area contributed by atoms with Gasteiger partial charge in [0.1, 0.15) is 0 Å². The van der Waals surface area contributed by atoms with Crippen molar-refractivity contribution in [3.05, 3.63) is 23.1 Å². The molecule has 0 spiro atoms. The Kier molecular flexibility index (Phi) is 2.78. The molecule has 0 aliphatic carbocycles. The van der Waals surface area contributed by atoms with Gasteiger partial charge in [-0.15, -0.1) is 11.8 Å². The molecule has 0 unspecified atom stereocenters. The SMILES string of the molecule is CS(=O)(=O)CC1=CCSC=C1. The molecule has 0 aromatic rings. The quantitative estimate of drug-likeness (QED) is 0.656. The summed E-state index contributed by atoms with van der Waals surface area (Å²) in [5.74, 6) is 1.06. The Bertz CT molecular complexity index is 286. The molecule has 1 rings (SSSR count). The van der Waals surface area contributed by atoms with Crippen molar-refractivity contribution in [2.75, 3.05) is 17.8 Å².